The fourth-order valence-electron chi connectivity index (χ4n) is 3.24. The zero-order chi connectivity index (χ0) is 17.8. The summed E-state index contributed by atoms with van der Waals surface area (Å²) < 4.78 is 5.48. The molecule has 132 valence electrons. The van der Waals surface area contributed by atoms with Gasteiger partial charge in [-0.3, -0.25) is 0 Å². The lowest BCUT2D eigenvalue weighted by atomic mass is 10.0. The van der Waals surface area contributed by atoms with Crippen molar-refractivity contribution in [1.82, 2.24) is 9.97 Å². The first-order valence-electron chi connectivity index (χ1n) is 9.02. The second kappa shape index (κ2) is 7.44. The van der Waals surface area contributed by atoms with Gasteiger partial charge in [0, 0.05) is 24.1 Å². The zero-order valence-electron chi connectivity index (χ0n) is 14.9. The van der Waals surface area contributed by atoms with Crippen molar-refractivity contribution in [2.75, 3.05) is 23.4 Å². The average molecular weight is 346 g/mol. The monoisotopic (exact) mass is 346 g/mol. The van der Waals surface area contributed by atoms with E-state index < -0.39 is 0 Å². The largest absolute Gasteiger partial charge is 0.494 e. The van der Waals surface area contributed by atoms with Gasteiger partial charge in [-0.2, -0.15) is 4.98 Å². The molecule has 0 amide bonds. The van der Waals surface area contributed by atoms with E-state index in [-0.39, 0.29) is 0 Å². The number of aryl methyl sites for hydroxylation is 1. The van der Waals surface area contributed by atoms with Crippen LogP contribution in [-0.2, 0) is 6.42 Å². The number of rotatable bonds is 5. The molecule has 1 aliphatic heterocycles. The number of nitrogens with zero attached hydrogens (tertiary/aromatic N) is 3. The van der Waals surface area contributed by atoms with Crippen LogP contribution in [0, 0.1) is 0 Å². The lowest BCUT2D eigenvalue weighted by Gasteiger charge is -2.29. The Kier molecular flexibility index (Phi) is 4.69. The molecule has 3 aromatic rings. The molecule has 5 nitrogen and oxygen atoms in total. The van der Waals surface area contributed by atoms with Gasteiger partial charge in [0.05, 0.1) is 6.61 Å². The van der Waals surface area contributed by atoms with Gasteiger partial charge in [-0.15, -0.1) is 0 Å². The van der Waals surface area contributed by atoms with Crippen molar-refractivity contribution in [1.29, 1.82) is 0 Å². The van der Waals surface area contributed by atoms with Crippen molar-refractivity contribution in [2.45, 2.75) is 19.8 Å². The van der Waals surface area contributed by atoms with Crippen LogP contribution in [-0.4, -0.2) is 23.1 Å². The summed E-state index contributed by atoms with van der Waals surface area (Å²) in [6, 6.07) is 18.3. The minimum Gasteiger partial charge on any atom is -0.494 e. The molecule has 0 bridgehead atoms. The molecular formula is C21H22N4O. The fraction of sp³-hybridized carbons (Fsp3) is 0.238. The number of hydrogen-bond acceptors (Lipinski definition) is 5. The third-order valence-electron chi connectivity index (χ3n) is 4.43. The van der Waals surface area contributed by atoms with Crippen LogP contribution in [0.2, 0.25) is 0 Å². The van der Waals surface area contributed by atoms with Crippen LogP contribution in [0.25, 0.3) is 0 Å². The van der Waals surface area contributed by atoms with Gasteiger partial charge in [0.1, 0.15) is 11.6 Å². The molecule has 0 saturated heterocycles. The van der Waals surface area contributed by atoms with Crippen LogP contribution >= 0.6 is 0 Å². The highest BCUT2D eigenvalue weighted by atomic mass is 16.5. The summed E-state index contributed by atoms with van der Waals surface area (Å²) in [6.07, 6.45) is 4.02. The molecule has 2 aromatic carbocycles. The summed E-state index contributed by atoms with van der Waals surface area (Å²) in [4.78, 5) is 11.4. The van der Waals surface area contributed by atoms with Crippen LogP contribution in [0.5, 0.6) is 5.75 Å². The third kappa shape index (κ3) is 3.47. The van der Waals surface area contributed by atoms with Gasteiger partial charge in [0.2, 0.25) is 5.95 Å². The molecule has 1 N–H and O–H groups in total. The van der Waals surface area contributed by atoms with Crippen molar-refractivity contribution < 1.29 is 4.74 Å². The molecule has 0 unspecified atom stereocenters. The van der Waals surface area contributed by atoms with Crippen LogP contribution in [0.15, 0.2) is 60.8 Å². The SMILES string of the molecule is CCOc1ccc(Nc2ccnc(N3CCCc4ccccc43)n2)cc1. The zero-order valence-corrected chi connectivity index (χ0v) is 14.9. The van der Waals surface area contributed by atoms with Crippen LogP contribution in [0.1, 0.15) is 18.9 Å². The summed E-state index contributed by atoms with van der Waals surface area (Å²) >= 11 is 0. The maximum absolute atomic E-state index is 5.48. The van der Waals surface area contributed by atoms with Crippen LogP contribution < -0.4 is 15.0 Å². The highest BCUT2D eigenvalue weighted by Crippen LogP contribution is 2.31. The first-order chi connectivity index (χ1) is 12.8. The second-order valence-corrected chi connectivity index (χ2v) is 6.21. The Hall–Kier alpha value is -3.08. The minimum atomic E-state index is 0.666. The van der Waals surface area contributed by atoms with E-state index in [1.54, 1.807) is 6.20 Å². The van der Waals surface area contributed by atoms with E-state index in [2.05, 4.69) is 39.5 Å². The lowest BCUT2D eigenvalue weighted by molar-refractivity contribution is 0.340. The van der Waals surface area contributed by atoms with E-state index in [0.717, 1.165) is 42.6 Å². The van der Waals surface area contributed by atoms with Gasteiger partial charge in [0.25, 0.3) is 0 Å². The summed E-state index contributed by atoms with van der Waals surface area (Å²) in [6.45, 7) is 3.58. The van der Waals surface area contributed by atoms with Crippen LogP contribution in [0.4, 0.5) is 23.1 Å². The minimum absolute atomic E-state index is 0.666. The molecule has 0 atom stereocenters. The van der Waals surface area contributed by atoms with Crippen molar-refractivity contribution >= 4 is 23.1 Å². The van der Waals surface area contributed by atoms with E-state index in [0.29, 0.717) is 6.61 Å². The first-order valence-corrected chi connectivity index (χ1v) is 9.02. The molecular weight excluding hydrogens is 324 g/mol. The maximum Gasteiger partial charge on any atom is 0.231 e. The van der Waals surface area contributed by atoms with Gasteiger partial charge in [-0.25, -0.2) is 4.98 Å². The number of hydrogen-bond donors (Lipinski definition) is 1. The van der Waals surface area contributed by atoms with Crippen molar-refractivity contribution in [2.24, 2.45) is 0 Å². The predicted octanol–water partition coefficient (Wildman–Crippen LogP) is 4.70. The van der Waals surface area contributed by atoms with Crippen molar-refractivity contribution in [3.05, 3.63) is 66.4 Å². The number of benzene rings is 2. The number of anilines is 4. The van der Waals surface area contributed by atoms with Gasteiger partial charge >= 0.3 is 0 Å². The molecule has 1 aromatic heterocycles. The molecule has 0 saturated carbocycles. The Balaban J connectivity index is 1.56. The summed E-state index contributed by atoms with van der Waals surface area (Å²) in [5.41, 5.74) is 3.53. The fourth-order valence-corrected chi connectivity index (χ4v) is 3.24. The van der Waals surface area contributed by atoms with E-state index >= 15 is 0 Å². The number of aromatic nitrogens is 2. The Morgan fingerprint density at radius 3 is 2.77 bits per heavy atom. The van der Waals surface area contributed by atoms with E-state index in [9.17, 15) is 0 Å². The van der Waals surface area contributed by atoms with E-state index in [1.165, 1.54) is 11.3 Å². The molecule has 0 spiro atoms. The van der Waals surface area contributed by atoms with Gasteiger partial charge in [-0.1, -0.05) is 18.2 Å². The molecule has 0 fully saturated rings. The standard InChI is InChI=1S/C21H22N4O/c1-2-26-18-11-9-17(10-12-18)23-20-13-14-22-21(24-20)25-15-5-7-16-6-3-4-8-19(16)25/h3-4,6,8-14H,2,5,7,15H2,1H3,(H,22,23,24). The van der Waals surface area contributed by atoms with Gasteiger partial charge in [-0.05, 0) is 61.7 Å². The summed E-state index contributed by atoms with van der Waals surface area (Å²) in [7, 11) is 0. The smallest absolute Gasteiger partial charge is 0.231 e. The molecule has 0 aliphatic carbocycles. The summed E-state index contributed by atoms with van der Waals surface area (Å²) in [5, 5.41) is 3.34. The molecule has 2 heterocycles. The third-order valence-corrected chi connectivity index (χ3v) is 4.43. The topological polar surface area (TPSA) is 50.3 Å². The maximum atomic E-state index is 5.48. The molecule has 26 heavy (non-hydrogen) atoms. The predicted molar refractivity (Wildman–Crippen MR) is 105 cm³/mol. The number of fused-ring (bicyclic) bond motifs is 1. The molecule has 4 rings (SSSR count). The van der Waals surface area contributed by atoms with Gasteiger partial charge < -0.3 is 15.0 Å². The number of nitrogens with one attached hydrogen (secondary N) is 1. The highest BCUT2D eigenvalue weighted by Gasteiger charge is 2.19. The highest BCUT2D eigenvalue weighted by molar-refractivity contribution is 5.65. The van der Waals surface area contributed by atoms with E-state index in [1.807, 2.05) is 37.3 Å². The first kappa shape index (κ1) is 16.4. The normalized spacial score (nSPS) is 13.2. The molecule has 5 heteroatoms. The van der Waals surface area contributed by atoms with Crippen molar-refractivity contribution in [3.63, 3.8) is 0 Å². The molecule has 1 aliphatic rings. The Bertz CT molecular complexity index is 879. The quantitative estimate of drug-likeness (QED) is 0.725. The second-order valence-electron chi connectivity index (χ2n) is 6.21. The Morgan fingerprint density at radius 2 is 1.92 bits per heavy atom. The summed E-state index contributed by atoms with van der Waals surface area (Å²) in [5.74, 6) is 2.38. The molecule has 0 radical (unpaired) electrons. The lowest BCUT2D eigenvalue weighted by Crippen LogP contribution is -2.26. The number of ether oxygens (including phenoxy) is 1. The van der Waals surface area contributed by atoms with Gasteiger partial charge in [0.15, 0.2) is 0 Å². The number of para-hydroxylation sites is 1. The Morgan fingerprint density at radius 1 is 1.08 bits per heavy atom. The van der Waals surface area contributed by atoms with Crippen molar-refractivity contribution in [3.8, 4) is 5.75 Å². The van der Waals surface area contributed by atoms with E-state index in [4.69, 9.17) is 9.72 Å². The average Bonchev–Trinajstić information content (AvgIpc) is 2.69. The Labute approximate surface area is 153 Å². The van der Waals surface area contributed by atoms with Crippen LogP contribution in [0.3, 0.4) is 0 Å².